The van der Waals surface area contributed by atoms with Gasteiger partial charge in [-0.3, -0.25) is 14.9 Å². The van der Waals surface area contributed by atoms with Crippen molar-refractivity contribution in [2.24, 2.45) is 0 Å². The molecule has 1 aromatic heterocycles. The van der Waals surface area contributed by atoms with E-state index in [0.717, 1.165) is 10.6 Å². The van der Waals surface area contributed by atoms with Gasteiger partial charge in [0.25, 0.3) is 5.69 Å². The fraction of sp³-hybridized carbons (Fsp3) is 0.267. The van der Waals surface area contributed by atoms with Crippen LogP contribution in [0.1, 0.15) is 47.6 Å². The summed E-state index contributed by atoms with van der Waals surface area (Å²) in [5.41, 5.74) is 3.01. The largest absolute Gasteiger partial charge is 0.490 e. The summed E-state index contributed by atoms with van der Waals surface area (Å²) >= 11 is 1.62. The fourth-order valence-electron chi connectivity index (χ4n) is 5.26. The lowest BCUT2D eigenvalue weighted by Gasteiger charge is -2.36. The second-order valence-electron chi connectivity index (χ2n) is 9.63. The number of nitrogens with zero attached hydrogens (tertiary/aromatic N) is 1. The summed E-state index contributed by atoms with van der Waals surface area (Å²) in [5, 5.41) is 17.1. The zero-order valence-corrected chi connectivity index (χ0v) is 22.5. The van der Waals surface area contributed by atoms with Gasteiger partial charge in [-0.25, -0.2) is 4.79 Å². The highest BCUT2D eigenvalue weighted by Crippen LogP contribution is 2.46. The summed E-state index contributed by atoms with van der Waals surface area (Å²) in [6, 6.07) is 18.1. The van der Waals surface area contributed by atoms with E-state index in [0.29, 0.717) is 41.0 Å². The number of allylic oxidation sites excluding steroid dienone is 3. The first-order valence-electron chi connectivity index (χ1n) is 12.7. The number of carbonyl (C=O) groups is 2. The van der Waals surface area contributed by atoms with Crippen molar-refractivity contribution in [1.29, 1.82) is 0 Å². The number of rotatable bonds is 8. The SMILES string of the molecule is CC1=C(C(=O)OCCOc2ccccc2)[C@@H](c2ccc(C)c([N+](=O)[O-])c2)C2=C(C[C@@H](c3cccs3)CC2=O)N1. The van der Waals surface area contributed by atoms with E-state index in [1.54, 1.807) is 37.3 Å². The van der Waals surface area contributed by atoms with Crippen molar-refractivity contribution in [2.45, 2.75) is 38.5 Å². The van der Waals surface area contributed by atoms with Crippen molar-refractivity contribution in [3.63, 3.8) is 0 Å². The molecule has 0 amide bonds. The lowest BCUT2D eigenvalue weighted by Crippen LogP contribution is -2.36. The number of thiophene rings is 1. The number of esters is 1. The molecule has 39 heavy (non-hydrogen) atoms. The van der Waals surface area contributed by atoms with Gasteiger partial charge in [0.1, 0.15) is 19.0 Å². The number of dihydropyridines is 1. The van der Waals surface area contributed by atoms with Gasteiger partial charge in [0, 0.05) is 51.7 Å². The minimum absolute atomic E-state index is 0.00553. The van der Waals surface area contributed by atoms with Gasteiger partial charge >= 0.3 is 5.97 Å². The Kier molecular flexibility index (Phi) is 7.60. The molecule has 2 aliphatic rings. The third-order valence-electron chi connectivity index (χ3n) is 7.08. The monoisotopic (exact) mass is 544 g/mol. The van der Waals surface area contributed by atoms with E-state index in [1.807, 2.05) is 47.8 Å². The van der Waals surface area contributed by atoms with Gasteiger partial charge in [0.05, 0.1) is 10.5 Å². The van der Waals surface area contributed by atoms with Crippen LogP contribution in [-0.4, -0.2) is 29.9 Å². The third kappa shape index (κ3) is 5.49. The summed E-state index contributed by atoms with van der Waals surface area (Å²) in [7, 11) is 0. The van der Waals surface area contributed by atoms with Crippen LogP contribution >= 0.6 is 11.3 Å². The summed E-state index contributed by atoms with van der Waals surface area (Å²) in [6.07, 6.45) is 0.911. The van der Waals surface area contributed by atoms with E-state index in [9.17, 15) is 19.7 Å². The van der Waals surface area contributed by atoms with Gasteiger partial charge in [0.15, 0.2) is 5.78 Å². The molecule has 2 aromatic carbocycles. The number of Topliss-reactive ketones (excluding diaryl/α,β-unsaturated/α-hetero) is 1. The molecule has 3 aromatic rings. The molecule has 2 atom stereocenters. The number of ether oxygens (including phenoxy) is 2. The quantitative estimate of drug-likeness (QED) is 0.162. The zero-order valence-electron chi connectivity index (χ0n) is 21.6. The van der Waals surface area contributed by atoms with Gasteiger partial charge < -0.3 is 14.8 Å². The summed E-state index contributed by atoms with van der Waals surface area (Å²) < 4.78 is 11.2. The number of hydrogen-bond donors (Lipinski definition) is 1. The molecule has 9 heteroatoms. The molecule has 0 radical (unpaired) electrons. The summed E-state index contributed by atoms with van der Waals surface area (Å²) in [6.45, 7) is 3.60. The van der Waals surface area contributed by atoms with Crippen molar-refractivity contribution in [3.8, 4) is 5.75 Å². The highest BCUT2D eigenvalue weighted by atomic mass is 32.1. The van der Waals surface area contributed by atoms with Gasteiger partial charge in [-0.15, -0.1) is 11.3 Å². The number of benzene rings is 2. The molecular formula is C30H28N2O6S. The molecule has 0 saturated heterocycles. The smallest absolute Gasteiger partial charge is 0.336 e. The predicted molar refractivity (Wildman–Crippen MR) is 148 cm³/mol. The van der Waals surface area contributed by atoms with Crippen LogP contribution in [0, 0.1) is 17.0 Å². The predicted octanol–water partition coefficient (Wildman–Crippen LogP) is 5.95. The number of carbonyl (C=O) groups excluding carboxylic acids is 2. The zero-order chi connectivity index (χ0) is 27.5. The third-order valence-corrected chi connectivity index (χ3v) is 8.12. The molecule has 5 rings (SSSR count). The molecule has 200 valence electrons. The molecule has 0 fully saturated rings. The van der Waals surface area contributed by atoms with E-state index in [4.69, 9.17) is 9.47 Å². The first kappa shape index (κ1) is 26.4. The van der Waals surface area contributed by atoms with E-state index >= 15 is 0 Å². The molecule has 2 heterocycles. The molecule has 1 aliphatic carbocycles. The lowest BCUT2D eigenvalue weighted by molar-refractivity contribution is -0.385. The Morgan fingerprint density at radius 1 is 1.08 bits per heavy atom. The highest BCUT2D eigenvalue weighted by Gasteiger charge is 2.42. The van der Waals surface area contributed by atoms with E-state index in [1.165, 1.54) is 6.07 Å². The van der Waals surface area contributed by atoms with Crippen LogP contribution in [0.3, 0.4) is 0 Å². The van der Waals surface area contributed by atoms with Crippen molar-refractivity contribution in [2.75, 3.05) is 13.2 Å². The fourth-order valence-corrected chi connectivity index (χ4v) is 6.09. The Morgan fingerprint density at radius 2 is 1.87 bits per heavy atom. The standard InChI is InChI=1S/C30H28N2O6S/c1-18-10-11-20(16-24(18)32(35)36)28-27(30(34)38-13-12-37-22-7-4-3-5-8-22)19(2)31-23-15-21(17-25(33)29(23)28)26-9-6-14-39-26/h3-11,14,16,21,28,31H,12-13,15,17H2,1-2H3/t21-,28-/m1/s1. The molecule has 0 bridgehead atoms. The highest BCUT2D eigenvalue weighted by molar-refractivity contribution is 7.10. The van der Waals surface area contributed by atoms with Crippen LogP contribution in [0.4, 0.5) is 5.69 Å². The number of aryl methyl sites for hydroxylation is 1. The van der Waals surface area contributed by atoms with Gasteiger partial charge in [-0.1, -0.05) is 36.4 Å². The Bertz CT molecular complexity index is 1480. The molecule has 1 N–H and O–H groups in total. The average molecular weight is 545 g/mol. The number of para-hydroxylation sites is 1. The Balaban J connectivity index is 1.47. The topological polar surface area (TPSA) is 108 Å². The van der Waals surface area contributed by atoms with Crippen LogP contribution in [0.15, 0.2) is 88.6 Å². The second-order valence-corrected chi connectivity index (χ2v) is 10.6. The molecule has 1 aliphatic heterocycles. The van der Waals surface area contributed by atoms with Crippen molar-refractivity contribution < 1.29 is 24.0 Å². The minimum atomic E-state index is -0.778. The average Bonchev–Trinajstić information content (AvgIpc) is 3.46. The number of nitrogens with one attached hydrogen (secondary N) is 1. The van der Waals surface area contributed by atoms with Gasteiger partial charge in [0.2, 0.25) is 0 Å². The molecular weight excluding hydrogens is 516 g/mol. The van der Waals surface area contributed by atoms with Crippen LogP contribution < -0.4 is 10.1 Å². The maximum atomic E-state index is 13.7. The molecule has 8 nitrogen and oxygen atoms in total. The maximum Gasteiger partial charge on any atom is 0.336 e. The first-order chi connectivity index (χ1) is 18.8. The van der Waals surface area contributed by atoms with E-state index in [-0.39, 0.29) is 36.2 Å². The molecule has 0 spiro atoms. The number of nitro groups is 1. The number of ketones is 1. The van der Waals surface area contributed by atoms with Gasteiger partial charge in [-0.05, 0) is 49.4 Å². The summed E-state index contributed by atoms with van der Waals surface area (Å²) in [4.78, 5) is 39.6. The molecule has 0 unspecified atom stereocenters. The van der Waals surface area contributed by atoms with E-state index < -0.39 is 16.8 Å². The van der Waals surface area contributed by atoms with Crippen molar-refractivity contribution >= 4 is 28.8 Å². The first-order valence-corrected chi connectivity index (χ1v) is 13.6. The Hall–Kier alpha value is -4.24. The minimum Gasteiger partial charge on any atom is -0.490 e. The number of hydrogen-bond acceptors (Lipinski definition) is 8. The Labute approximate surface area is 230 Å². The number of nitro benzene ring substituents is 1. The van der Waals surface area contributed by atoms with Crippen molar-refractivity contribution in [1.82, 2.24) is 5.32 Å². The lowest BCUT2D eigenvalue weighted by atomic mass is 9.72. The van der Waals surface area contributed by atoms with Crippen LogP contribution in [0.25, 0.3) is 0 Å². The van der Waals surface area contributed by atoms with Gasteiger partial charge in [-0.2, -0.15) is 0 Å². The van der Waals surface area contributed by atoms with Crippen LogP contribution in [0.5, 0.6) is 5.75 Å². The molecule has 0 saturated carbocycles. The Morgan fingerprint density at radius 3 is 2.59 bits per heavy atom. The second kappa shape index (κ2) is 11.2. The maximum absolute atomic E-state index is 13.7. The van der Waals surface area contributed by atoms with Crippen LogP contribution in [0.2, 0.25) is 0 Å². The van der Waals surface area contributed by atoms with Crippen LogP contribution in [-0.2, 0) is 14.3 Å². The normalized spacial score (nSPS) is 18.9. The summed E-state index contributed by atoms with van der Waals surface area (Å²) in [5.74, 6) is -0.755. The van der Waals surface area contributed by atoms with Crippen molar-refractivity contribution in [3.05, 3.63) is 115 Å². The van der Waals surface area contributed by atoms with E-state index in [2.05, 4.69) is 5.32 Å².